The Morgan fingerprint density at radius 2 is 2.07 bits per heavy atom. The Morgan fingerprint density at radius 3 is 2.43 bits per heavy atom. The van der Waals surface area contributed by atoms with Crippen molar-refractivity contribution in [3.8, 4) is 0 Å². The standard InChI is InChI=1S/C11H18O3/c1-4-8(3)6-11(5-2)7-9(12)14-10(11)13/h8H,4-7H2,1-3H3. The molecule has 1 saturated heterocycles. The molecule has 14 heavy (non-hydrogen) atoms. The number of carbonyl (C=O) groups is 2. The normalized spacial score (nSPS) is 29.1. The zero-order chi connectivity index (χ0) is 10.8. The van der Waals surface area contributed by atoms with Gasteiger partial charge in [0, 0.05) is 0 Å². The predicted octanol–water partition coefficient (Wildman–Crippen LogP) is 2.29. The molecular weight excluding hydrogens is 180 g/mol. The molecule has 2 unspecified atom stereocenters. The van der Waals surface area contributed by atoms with Crippen molar-refractivity contribution in [2.75, 3.05) is 0 Å². The van der Waals surface area contributed by atoms with Gasteiger partial charge in [-0.25, -0.2) is 0 Å². The monoisotopic (exact) mass is 198 g/mol. The molecular formula is C11H18O3. The summed E-state index contributed by atoms with van der Waals surface area (Å²) in [6.07, 6.45) is 2.77. The highest BCUT2D eigenvalue weighted by molar-refractivity contribution is 5.97. The second-order valence-corrected chi connectivity index (χ2v) is 4.29. The van der Waals surface area contributed by atoms with E-state index in [2.05, 4.69) is 18.6 Å². The summed E-state index contributed by atoms with van der Waals surface area (Å²) in [5.41, 5.74) is -0.521. The molecule has 0 aromatic carbocycles. The summed E-state index contributed by atoms with van der Waals surface area (Å²) in [7, 11) is 0. The smallest absolute Gasteiger partial charge is 0.320 e. The molecule has 1 fully saturated rings. The van der Waals surface area contributed by atoms with E-state index in [0.717, 1.165) is 12.8 Å². The molecule has 2 atom stereocenters. The first-order valence-corrected chi connectivity index (χ1v) is 5.29. The fourth-order valence-electron chi connectivity index (χ4n) is 1.98. The highest BCUT2D eigenvalue weighted by Gasteiger charge is 2.47. The third kappa shape index (κ3) is 1.97. The van der Waals surface area contributed by atoms with Crippen LogP contribution in [0.5, 0.6) is 0 Å². The van der Waals surface area contributed by atoms with Crippen LogP contribution in [0.15, 0.2) is 0 Å². The van der Waals surface area contributed by atoms with Crippen LogP contribution in [-0.2, 0) is 14.3 Å². The van der Waals surface area contributed by atoms with Gasteiger partial charge in [-0.05, 0) is 18.8 Å². The Balaban J connectivity index is 2.76. The molecule has 0 bridgehead atoms. The molecule has 3 heteroatoms. The molecule has 0 spiro atoms. The number of hydrogen-bond acceptors (Lipinski definition) is 3. The minimum Gasteiger partial charge on any atom is -0.393 e. The molecule has 3 nitrogen and oxygen atoms in total. The number of rotatable bonds is 4. The quantitative estimate of drug-likeness (QED) is 0.514. The molecule has 0 aromatic rings. The number of cyclic esters (lactones) is 2. The third-order valence-corrected chi connectivity index (χ3v) is 3.24. The molecule has 0 aliphatic carbocycles. The van der Waals surface area contributed by atoms with Crippen LogP contribution in [0.3, 0.4) is 0 Å². The second kappa shape index (κ2) is 4.11. The molecule has 80 valence electrons. The van der Waals surface area contributed by atoms with Crippen molar-refractivity contribution in [3.63, 3.8) is 0 Å². The van der Waals surface area contributed by atoms with Crippen LogP contribution in [0, 0.1) is 11.3 Å². The number of hydrogen-bond donors (Lipinski definition) is 0. The predicted molar refractivity (Wildman–Crippen MR) is 52.5 cm³/mol. The van der Waals surface area contributed by atoms with Gasteiger partial charge in [0.15, 0.2) is 0 Å². The van der Waals surface area contributed by atoms with Gasteiger partial charge in [0.2, 0.25) is 0 Å². The first-order valence-electron chi connectivity index (χ1n) is 5.29. The van der Waals surface area contributed by atoms with Crippen LogP contribution in [0.25, 0.3) is 0 Å². The fourth-order valence-corrected chi connectivity index (χ4v) is 1.98. The SMILES string of the molecule is CCC(C)CC1(CC)CC(=O)OC1=O. The molecule has 0 aromatic heterocycles. The topological polar surface area (TPSA) is 43.4 Å². The molecule has 0 N–H and O–H groups in total. The van der Waals surface area contributed by atoms with Crippen LogP contribution >= 0.6 is 0 Å². The van der Waals surface area contributed by atoms with Gasteiger partial charge >= 0.3 is 11.9 Å². The third-order valence-electron chi connectivity index (χ3n) is 3.24. The van der Waals surface area contributed by atoms with Crippen molar-refractivity contribution in [1.82, 2.24) is 0 Å². The van der Waals surface area contributed by atoms with E-state index < -0.39 is 5.41 Å². The van der Waals surface area contributed by atoms with Gasteiger partial charge in [0.1, 0.15) is 0 Å². The largest absolute Gasteiger partial charge is 0.393 e. The van der Waals surface area contributed by atoms with Gasteiger partial charge in [-0.1, -0.05) is 27.2 Å². The van der Waals surface area contributed by atoms with Crippen molar-refractivity contribution in [2.45, 2.75) is 46.5 Å². The first kappa shape index (κ1) is 11.2. The van der Waals surface area contributed by atoms with E-state index in [0.29, 0.717) is 12.3 Å². The summed E-state index contributed by atoms with van der Waals surface area (Å²) >= 11 is 0. The van der Waals surface area contributed by atoms with Crippen molar-refractivity contribution >= 4 is 11.9 Å². The van der Waals surface area contributed by atoms with Crippen molar-refractivity contribution in [2.24, 2.45) is 11.3 Å². The molecule has 0 amide bonds. The lowest BCUT2D eigenvalue weighted by atomic mass is 9.76. The first-order chi connectivity index (χ1) is 6.54. The highest BCUT2D eigenvalue weighted by atomic mass is 16.6. The van der Waals surface area contributed by atoms with Crippen LogP contribution in [0.2, 0.25) is 0 Å². The Labute approximate surface area is 84.8 Å². The van der Waals surface area contributed by atoms with Crippen LogP contribution in [0.1, 0.15) is 46.5 Å². The maximum absolute atomic E-state index is 11.5. The lowest BCUT2D eigenvalue weighted by molar-refractivity contribution is -0.155. The van der Waals surface area contributed by atoms with Crippen molar-refractivity contribution in [3.05, 3.63) is 0 Å². The van der Waals surface area contributed by atoms with E-state index in [-0.39, 0.29) is 18.4 Å². The van der Waals surface area contributed by atoms with E-state index in [1.54, 1.807) is 0 Å². The number of carbonyl (C=O) groups excluding carboxylic acids is 2. The maximum atomic E-state index is 11.5. The van der Waals surface area contributed by atoms with E-state index >= 15 is 0 Å². The molecule has 0 saturated carbocycles. The number of ether oxygens (including phenoxy) is 1. The van der Waals surface area contributed by atoms with Crippen LogP contribution < -0.4 is 0 Å². The van der Waals surface area contributed by atoms with Crippen LogP contribution in [-0.4, -0.2) is 11.9 Å². The molecule has 1 rings (SSSR count). The molecule has 1 heterocycles. The van der Waals surface area contributed by atoms with E-state index in [9.17, 15) is 9.59 Å². The van der Waals surface area contributed by atoms with Crippen molar-refractivity contribution < 1.29 is 14.3 Å². The Bertz CT molecular complexity index is 247. The van der Waals surface area contributed by atoms with E-state index in [1.165, 1.54) is 0 Å². The summed E-state index contributed by atoms with van der Waals surface area (Å²) in [5, 5.41) is 0. The lowest BCUT2D eigenvalue weighted by Gasteiger charge is -2.24. The van der Waals surface area contributed by atoms with Gasteiger partial charge in [0.05, 0.1) is 11.8 Å². The van der Waals surface area contributed by atoms with Gasteiger partial charge in [-0.15, -0.1) is 0 Å². The summed E-state index contributed by atoms with van der Waals surface area (Å²) in [6, 6.07) is 0. The summed E-state index contributed by atoms with van der Waals surface area (Å²) in [6.45, 7) is 6.14. The van der Waals surface area contributed by atoms with E-state index in [4.69, 9.17) is 0 Å². The minimum absolute atomic E-state index is 0.271. The Morgan fingerprint density at radius 1 is 1.43 bits per heavy atom. The average Bonchev–Trinajstić information content (AvgIpc) is 2.42. The molecule has 0 radical (unpaired) electrons. The zero-order valence-corrected chi connectivity index (χ0v) is 9.13. The number of esters is 2. The Hall–Kier alpha value is -0.860. The molecule has 1 aliphatic rings. The van der Waals surface area contributed by atoms with Gasteiger partial charge in [-0.2, -0.15) is 0 Å². The van der Waals surface area contributed by atoms with Gasteiger partial charge < -0.3 is 4.74 Å². The Kier molecular flexibility index (Phi) is 3.29. The van der Waals surface area contributed by atoms with Gasteiger partial charge in [-0.3, -0.25) is 9.59 Å². The van der Waals surface area contributed by atoms with Gasteiger partial charge in [0.25, 0.3) is 0 Å². The van der Waals surface area contributed by atoms with Crippen molar-refractivity contribution in [1.29, 1.82) is 0 Å². The van der Waals surface area contributed by atoms with E-state index in [1.807, 2.05) is 6.92 Å². The average molecular weight is 198 g/mol. The fraction of sp³-hybridized carbons (Fsp3) is 0.818. The maximum Gasteiger partial charge on any atom is 0.320 e. The lowest BCUT2D eigenvalue weighted by Crippen LogP contribution is -2.27. The second-order valence-electron chi connectivity index (χ2n) is 4.29. The summed E-state index contributed by atoms with van der Waals surface area (Å²) < 4.78 is 4.64. The molecule has 1 aliphatic heterocycles. The minimum atomic E-state index is -0.521. The summed E-state index contributed by atoms with van der Waals surface area (Å²) in [5.74, 6) is -0.209. The summed E-state index contributed by atoms with van der Waals surface area (Å²) in [4.78, 5) is 22.6. The zero-order valence-electron chi connectivity index (χ0n) is 9.13. The van der Waals surface area contributed by atoms with Crippen LogP contribution in [0.4, 0.5) is 0 Å². The highest BCUT2D eigenvalue weighted by Crippen LogP contribution is 2.40.